The van der Waals surface area contributed by atoms with Crippen molar-refractivity contribution in [2.75, 3.05) is 6.26 Å². The molecule has 1 N–H and O–H groups in total. The molecule has 0 radical (unpaired) electrons. The molecule has 1 aromatic heterocycles. The highest BCUT2D eigenvalue weighted by Gasteiger charge is 2.16. The zero-order valence-electron chi connectivity index (χ0n) is 10.8. The number of rotatable bonds is 4. The molecule has 0 fully saturated rings. The Morgan fingerprint density at radius 2 is 2.17 bits per heavy atom. The van der Waals surface area contributed by atoms with Crippen LogP contribution < -0.4 is 0 Å². The van der Waals surface area contributed by atoms with Crippen molar-refractivity contribution in [3.63, 3.8) is 0 Å². The lowest BCUT2D eigenvalue weighted by Crippen LogP contribution is -2.04. The van der Waals surface area contributed by atoms with E-state index in [1.54, 1.807) is 17.8 Å². The van der Waals surface area contributed by atoms with E-state index in [0.29, 0.717) is 11.6 Å². The monoisotopic (exact) mass is 263 g/mol. The largest absolute Gasteiger partial charge is 0.478 e. The highest BCUT2D eigenvalue weighted by atomic mass is 32.2. The molecule has 0 saturated heterocycles. The summed E-state index contributed by atoms with van der Waals surface area (Å²) < 4.78 is 2.22. The molecule has 0 amide bonds. The molecule has 4 heteroatoms. The average Bonchev–Trinajstić information content (AvgIpc) is 2.66. The smallest absolute Gasteiger partial charge is 0.336 e. The summed E-state index contributed by atoms with van der Waals surface area (Å²) in [6.07, 6.45) is 2.06. The minimum absolute atomic E-state index is 0.327. The molecule has 0 bridgehead atoms. The molecule has 2 aromatic rings. The van der Waals surface area contributed by atoms with Crippen LogP contribution in [0.25, 0.3) is 10.9 Å². The van der Waals surface area contributed by atoms with E-state index in [2.05, 4.69) is 24.7 Å². The van der Waals surface area contributed by atoms with Crippen molar-refractivity contribution < 1.29 is 9.90 Å². The Labute approximate surface area is 111 Å². The van der Waals surface area contributed by atoms with Gasteiger partial charge in [-0.05, 0) is 38.3 Å². The maximum Gasteiger partial charge on any atom is 0.336 e. The summed E-state index contributed by atoms with van der Waals surface area (Å²) in [7, 11) is 0. The third-order valence-electron chi connectivity index (χ3n) is 3.00. The first-order valence-electron chi connectivity index (χ1n) is 5.91. The van der Waals surface area contributed by atoms with Crippen LogP contribution in [0, 0.1) is 0 Å². The van der Waals surface area contributed by atoms with E-state index in [4.69, 9.17) is 0 Å². The summed E-state index contributed by atoms with van der Waals surface area (Å²) in [6, 6.07) is 7.81. The topological polar surface area (TPSA) is 42.2 Å². The summed E-state index contributed by atoms with van der Waals surface area (Å²) in [6.45, 7) is 4.24. The minimum Gasteiger partial charge on any atom is -0.478 e. The maximum atomic E-state index is 11.2. The second kappa shape index (κ2) is 5.06. The van der Waals surface area contributed by atoms with Crippen molar-refractivity contribution in [1.29, 1.82) is 0 Å². The van der Waals surface area contributed by atoms with Gasteiger partial charge in [0, 0.05) is 28.4 Å². The van der Waals surface area contributed by atoms with Crippen LogP contribution >= 0.6 is 11.8 Å². The van der Waals surface area contributed by atoms with Crippen LogP contribution in [0.2, 0.25) is 0 Å². The van der Waals surface area contributed by atoms with Gasteiger partial charge in [-0.2, -0.15) is 11.8 Å². The first-order valence-corrected chi connectivity index (χ1v) is 7.30. The highest BCUT2D eigenvalue weighted by Crippen LogP contribution is 2.28. The number of fused-ring (bicyclic) bond motifs is 1. The molecule has 0 atom stereocenters. The predicted molar refractivity (Wildman–Crippen MR) is 76.5 cm³/mol. The molecule has 2 rings (SSSR count). The SMILES string of the molecule is CSCc1cc2c(C(=O)O)cccc2n1C(C)C. The van der Waals surface area contributed by atoms with Crippen LogP contribution in [0.3, 0.4) is 0 Å². The van der Waals surface area contributed by atoms with Crippen LogP contribution in [0.4, 0.5) is 0 Å². The van der Waals surface area contributed by atoms with E-state index < -0.39 is 5.97 Å². The predicted octanol–water partition coefficient (Wildman–Crippen LogP) is 3.78. The van der Waals surface area contributed by atoms with Crippen LogP contribution in [-0.2, 0) is 5.75 Å². The second-order valence-corrected chi connectivity index (χ2v) is 5.44. The molecular weight excluding hydrogens is 246 g/mol. The van der Waals surface area contributed by atoms with Crippen molar-refractivity contribution in [2.24, 2.45) is 0 Å². The highest BCUT2D eigenvalue weighted by molar-refractivity contribution is 7.97. The van der Waals surface area contributed by atoms with E-state index in [-0.39, 0.29) is 0 Å². The van der Waals surface area contributed by atoms with Gasteiger partial charge in [-0.25, -0.2) is 4.79 Å². The fourth-order valence-corrected chi connectivity index (χ4v) is 2.88. The van der Waals surface area contributed by atoms with Gasteiger partial charge >= 0.3 is 5.97 Å². The van der Waals surface area contributed by atoms with E-state index in [9.17, 15) is 9.90 Å². The van der Waals surface area contributed by atoms with Gasteiger partial charge in [0.25, 0.3) is 0 Å². The first kappa shape index (κ1) is 13.0. The molecule has 96 valence electrons. The van der Waals surface area contributed by atoms with E-state index in [0.717, 1.165) is 16.7 Å². The lowest BCUT2D eigenvalue weighted by molar-refractivity contribution is 0.0699. The fourth-order valence-electron chi connectivity index (χ4n) is 2.36. The molecule has 0 spiro atoms. The van der Waals surface area contributed by atoms with Crippen molar-refractivity contribution >= 4 is 28.6 Å². The Morgan fingerprint density at radius 3 is 2.72 bits per heavy atom. The summed E-state index contributed by atoms with van der Waals surface area (Å²) in [5.74, 6) is 0.0311. The van der Waals surface area contributed by atoms with Gasteiger partial charge in [0.05, 0.1) is 5.56 Å². The van der Waals surface area contributed by atoms with Gasteiger partial charge in [-0.1, -0.05) is 6.07 Å². The molecule has 1 heterocycles. The number of nitrogens with zero attached hydrogens (tertiary/aromatic N) is 1. The van der Waals surface area contributed by atoms with Gasteiger partial charge < -0.3 is 9.67 Å². The van der Waals surface area contributed by atoms with Gasteiger partial charge in [0.2, 0.25) is 0 Å². The zero-order chi connectivity index (χ0) is 13.3. The Bertz CT molecular complexity index is 587. The molecule has 0 aliphatic carbocycles. The summed E-state index contributed by atoms with van der Waals surface area (Å²) in [5.41, 5.74) is 2.57. The number of aromatic nitrogens is 1. The molecule has 18 heavy (non-hydrogen) atoms. The second-order valence-electron chi connectivity index (χ2n) is 4.58. The number of carboxylic acids is 1. The maximum absolute atomic E-state index is 11.2. The van der Waals surface area contributed by atoms with Gasteiger partial charge in [0.1, 0.15) is 0 Å². The van der Waals surface area contributed by atoms with Crippen LogP contribution in [0.15, 0.2) is 24.3 Å². The van der Waals surface area contributed by atoms with Crippen molar-refractivity contribution in [3.05, 3.63) is 35.5 Å². The number of hydrogen-bond acceptors (Lipinski definition) is 2. The number of thioether (sulfide) groups is 1. The van der Waals surface area contributed by atoms with Crippen LogP contribution in [0.1, 0.15) is 35.9 Å². The Hall–Kier alpha value is -1.42. The van der Waals surface area contributed by atoms with Crippen LogP contribution in [-0.4, -0.2) is 21.9 Å². The van der Waals surface area contributed by atoms with Gasteiger partial charge in [-0.3, -0.25) is 0 Å². The molecular formula is C14H17NO2S. The summed E-state index contributed by atoms with van der Waals surface area (Å²) >= 11 is 1.75. The zero-order valence-corrected chi connectivity index (χ0v) is 11.6. The normalized spacial score (nSPS) is 11.3. The number of hydrogen-bond donors (Lipinski definition) is 1. The standard InChI is InChI=1S/C14H17NO2S/c1-9(2)15-10(8-18-3)7-12-11(14(16)17)5-4-6-13(12)15/h4-7,9H,8H2,1-3H3,(H,16,17). The molecule has 0 saturated carbocycles. The van der Waals surface area contributed by atoms with Crippen molar-refractivity contribution in [1.82, 2.24) is 4.57 Å². The van der Waals surface area contributed by atoms with Crippen molar-refractivity contribution in [2.45, 2.75) is 25.6 Å². The first-order chi connectivity index (χ1) is 8.56. The lowest BCUT2D eigenvalue weighted by Gasteiger charge is -2.14. The van der Waals surface area contributed by atoms with E-state index in [1.807, 2.05) is 18.2 Å². The Kier molecular flexibility index (Phi) is 3.66. The van der Waals surface area contributed by atoms with Crippen LogP contribution in [0.5, 0.6) is 0 Å². The Morgan fingerprint density at radius 1 is 1.44 bits per heavy atom. The molecule has 0 aliphatic rings. The number of aromatic carboxylic acids is 1. The number of benzene rings is 1. The molecule has 0 aliphatic heterocycles. The van der Waals surface area contributed by atoms with Crippen molar-refractivity contribution in [3.8, 4) is 0 Å². The third kappa shape index (κ3) is 2.12. The number of carbonyl (C=O) groups is 1. The summed E-state index contributed by atoms with van der Waals surface area (Å²) in [5, 5.41) is 10.1. The van der Waals surface area contributed by atoms with Gasteiger partial charge in [0.15, 0.2) is 0 Å². The fraction of sp³-hybridized carbons (Fsp3) is 0.357. The third-order valence-corrected chi connectivity index (χ3v) is 3.59. The molecule has 0 unspecified atom stereocenters. The van der Waals surface area contributed by atoms with E-state index in [1.165, 1.54) is 5.69 Å². The molecule has 1 aromatic carbocycles. The number of carboxylic acid groups (broad SMARTS) is 1. The minimum atomic E-state index is -0.864. The van der Waals surface area contributed by atoms with Gasteiger partial charge in [-0.15, -0.1) is 0 Å². The molecule has 3 nitrogen and oxygen atoms in total. The Balaban J connectivity index is 2.75. The lowest BCUT2D eigenvalue weighted by atomic mass is 10.1. The van der Waals surface area contributed by atoms with E-state index >= 15 is 0 Å². The average molecular weight is 263 g/mol. The quantitative estimate of drug-likeness (QED) is 0.912. The summed E-state index contributed by atoms with van der Waals surface area (Å²) in [4.78, 5) is 11.2.